The van der Waals surface area contributed by atoms with Crippen molar-refractivity contribution in [2.45, 2.75) is 6.54 Å². The van der Waals surface area contributed by atoms with Crippen LogP contribution in [-0.4, -0.2) is 4.92 Å². The van der Waals surface area contributed by atoms with Gasteiger partial charge in [-0.3, -0.25) is 10.1 Å². The third-order valence-electron chi connectivity index (χ3n) is 3.32. The van der Waals surface area contributed by atoms with E-state index in [4.69, 9.17) is 0 Å². The molecule has 4 nitrogen and oxygen atoms in total. The van der Waals surface area contributed by atoms with Gasteiger partial charge in [0, 0.05) is 23.6 Å². The van der Waals surface area contributed by atoms with Crippen molar-refractivity contribution in [2.75, 3.05) is 0 Å². The van der Waals surface area contributed by atoms with Crippen LogP contribution in [-0.2, 0) is 6.54 Å². The maximum atomic E-state index is 11.1. The molecule has 0 unspecified atom stereocenters. The zero-order valence-corrected chi connectivity index (χ0v) is 11.9. The molecule has 0 aliphatic rings. The number of nitrogens with zero attached hydrogens (tertiary/aromatic N) is 2. The topological polar surface area (TPSA) is 47.0 Å². The van der Waals surface area contributed by atoms with Crippen LogP contribution in [0.4, 0.5) is 5.69 Å². The first-order valence-corrected chi connectivity index (χ1v) is 6.35. The molecule has 0 N–H and O–H groups in total. The van der Waals surface area contributed by atoms with Gasteiger partial charge in [0.15, 0.2) is 12.7 Å². The van der Waals surface area contributed by atoms with Crippen LogP contribution in [0.1, 0.15) is 5.56 Å². The molecule has 0 amide bonds. The number of aromatic nitrogens is 1. The predicted octanol–water partition coefficient (Wildman–Crippen LogP) is 0.0878. The van der Waals surface area contributed by atoms with Gasteiger partial charge in [0.25, 0.3) is 5.69 Å². The average molecular weight is 301 g/mol. The summed E-state index contributed by atoms with van der Waals surface area (Å²) in [4.78, 5) is 10.7. The lowest BCUT2D eigenvalue weighted by Crippen LogP contribution is -3.00. The average Bonchev–Trinajstić information content (AvgIpc) is 2.48. The van der Waals surface area contributed by atoms with Crippen LogP contribution in [0.5, 0.6) is 0 Å². The lowest BCUT2D eigenvalue weighted by atomic mass is 10.1. The van der Waals surface area contributed by atoms with Crippen molar-refractivity contribution in [2.24, 2.45) is 0 Å². The molecule has 0 radical (unpaired) electrons. The molecule has 21 heavy (non-hydrogen) atoms. The fraction of sp³-hybridized carbons (Fsp3) is 0.0625. The van der Waals surface area contributed by atoms with Crippen molar-refractivity contribution in [3.63, 3.8) is 0 Å². The quantitative estimate of drug-likeness (QED) is 0.391. The summed E-state index contributed by atoms with van der Waals surface area (Å²) >= 11 is 0. The van der Waals surface area contributed by atoms with Crippen LogP contribution < -0.4 is 17.0 Å². The zero-order chi connectivity index (χ0) is 13.9. The first-order chi connectivity index (χ1) is 9.75. The SMILES string of the molecule is O=[N+]([O-])c1ccccc1C[n+]1cccc2ccccc21.[Cl-]. The Balaban J connectivity index is 0.00000161. The number of nitro groups is 1. The predicted molar refractivity (Wildman–Crippen MR) is 76.3 cm³/mol. The second kappa shape index (κ2) is 6.33. The van der Waals surface area contributed by atoms with Gasteiger partial charge in [-0.15, -0.1) is 0 Å². The highest BCUT2D eigenvalue weighted by atomic mass is 35.5. The Bertz CT molecular complexity index is 785. The van der Waals surface area contributed by atoms with Crippen LogP contribution in [0.2, 0.25) is 0 Å². The molecule has 3 aromatic rings. The molecule has 0 bridgehead atoms. The van der Waals surface area contributed by atoms with E-state index in [-0.39, 0.29) is 23.0 Å². The first kappa shape index (κ1) is 14.9. The molecule has 1 heterocycles. The summed E-state index contributed by atoms with van der Waals surface area (Å²) in [5.41, 5.74) is 1.93. The van der Waals surface area contributed by atoms with Gasteiger partial charge < -0.3 is 12.4 Å². The van der Waals surface area contributed by atoms with E-state index in [1.807, 2.05) is 53.2 Å². The standard InChI is InChI=1S/C16H13N2O2.ClH/c19-18(20)16-10-4-2-7-14(16)12-17-11-5-8-13-6-1-3-9-15(13)17;/h1-11H,12H2;1H/q+1;/p-1. The van der Waals surface area contributed by atoms with E-state index < -0.39 is 0 Å². The lowest BCUT2D eigenvalue weighted by Gasteiger charge is -2.02. The molecule has 106 valence electrons. The zero-order valence-electron chi connectivity index (χ0n) is 11.1. The number of nitro benzene ring substituents is 1. The van der Waals surface area contributed by atoms with Crippen molar-refractivity contribution >= 4 is 16.6 Å². The Morgan fingerprint density at radius 2 is 1.62 bits per heavy atom. The van der Waals surface area contributed by atoms with Crippen LogP contribution in [0.25, 0.3) is 10.9 Å². The van der Waals surface area contributed by atoms with Crippen LogP contribution >= 0.6 is 0 Å². The van der Waals surface area contributed by atoms with Gasteiger partial charge in [-0.1, -0.05) is 24.3 Å². The highest BCUT2D eigenvalue weighted by molar-refractivity contribution is 5.74. The third kappa shape index (κ3) is 3.01. The molecule has 0 saturated carbocycles. The van der Waals surface area contributed by atoms with Gasteiger partial charge >= 0.3 is 0 Å². The number of para-hydroxylation sites is 2. The largest absolute Gasteiger partial charge is 1.00 e. The summed E-state index contributed by atoms with van der Waals surface area (Å²) in [6.07, 6.45) is 1.94. The maximum absolute atomic E-state index is 11.1. The van der Waals surface area contributed by atoms with Crippen molar-refractivity contribution in [3.8, 4) is 0 Å². The van der Waals surface area contributed by atoms with E-state index in [0.717, 1.165) is 10.9 Å². The summed E-state index contributed by atoms with van der Waals surface area (Å²) in [7, 11) is 0. The lowest BCUT2D eigenvalue weighted by molar-refractivity contribution is -0.662. The molecule has 5 heteroatoms. The second-order valence-electron chi connectivity index (χ2n) is 4.58. The summed E-state index contributed by atoms with van der Waals surface area (Å²) in [5, 5.41) is 12.2. The number of hydrogen-bond donors (Lipinski definition) is 0. The minimum Gasteiger partial charge on any atom is -1.00 e. The van der Waals surface area contributed by atoms with E-state index in [9.17, 15) is 10.1 Å². The van der Waals surface area contributed by atoms with Gasteiger partial charge in [-0.25, -0.2) is 0 Å². The van der Waals surface area contributed by atoms with E-state index in [2.05, 4.69) is 0 Å². The number of fused-ring (bicyclic) bond motifs is 1. The normalized spacial score (nSPS) is 10.1. The van der Waals surface area contributed by atoms with E-state index >= 15 is 0 Å². The maximum Gasteiger partial charge on any atom is 0.278 e. The summed E-state index contributed by atoms with van der Waals surface area (Å²) in [6.45, 7) is 0.485. The Labute approximate surface area is 128 Å². The van der Waals surface area contributed by atoms with Gasteiger partial charge in [0.1, 0.15) is 0 Å². The van der Waals surface area contributed by atoms with Crippen molar-refractivity contribution in [1.29, 1.82) is 0 Å². The van der Waals surface area contributed by atoms with Gasteiger partial charge in [0.2, 0.25) is 5.52 Å². The van der Waals surface area contributed by atoms with E-state index in [1.165, 1.54) is 0 Å². The number of pyridine rings is 1. The molecule has 0 saturated heterocycles. The fourth-order valence-corrected chi connectivity index (χ4v) is 2.36. The minimum absolute atomic E-state index is 0. The molecular formula is C16H13ClN2O2. The molecule has 0 aliphatic heterocycles. The minimum atomic E-state index is -0.332. The highest BCUT2D eigenvalue weighted by Gasteiger charge is 2.17. The van der Waals surface area contributed by atoms with Gasteiger partial charge in [-0.05, 0) is 18.2 Å². The van der Waals surface area contributed by atoms with Crippen molar-refractivity contribution in [1.82, 2.24) is 0 Å². The molecule has 0 spiro atoms. The van der Waals surface area contributed by atoms with E-state index in [1.54, 1.807) is 18.2 Å². The van der Waals surface area contributed by atoms with Crippen LogP contribution in [0.3, 0.4) is 0 Å². The van der Waals surface area contributed by atoms with Crippen LogP contribution in [0, 0.1) is 10.1 Å². The van der Waals surface area contributed by atoms with Crippen LogP contribution in [0.15, 0.2) is 66.9 Å². The number of benzene rings is 2. The Kier molecular flexibility index (Phi) is 4.50. The Morgan fingerprint density at radius 1 is 0.952 bits per heavy atom. The van der Waals surface area contributed by atoms with Crippen molar-refractivity contribution < 1.29 is 21.9 Å². The second-order valence-corrected chi connectivity index (χ2v) is 4.58. The van der Waals surface area contributed by atoms with Gasteiger partial charge in [0.05, 0.1) is 10.5 Å². The Hall–Kier alpha value is -2.46. The summed E-state index contributed by atoms with van der Waals surface area (Å²) < 4.78 is 2.03. The molecule has 0 atom stereocenters. The third-order valence-corrected chi connectivity index (χ3v) is 3.32. The fourth-order valence-electron chi connectivity index (χ4n) is 2.36. The number of rotatable bonds is 3. The smallest absolute Gasteiger partial charge is 0.278 e. The molecule has 3 rings (SSSR count). The molecular weight excluding hydrogens is 288 g/mol. The highest BCUT2D eigenvalue weighted by Crippen LogP contribution is 2.18. The van der Waals surface area contributed by atoms with Crippen molar-refractivity contribution in [3.05, 3.63) is 82.5 Å². The molecule has 0 aliphatic carbocycles. The summed E-state index contributed by atoms with van der Waals surface area (Å²) in [5.74, 6) is 0. The molecule has 1 aromatic heterocycles. The molecule has 0 fully saturated rings. The summed E-state index contributed by atoms with van der Waals surface area (Å²) in [6, 6.07) is 18.9. The van der Waals surface area contributed by atoms with E-state index in [0.29, 0.717) is 12.1 Å². The monoisotopic (exact) mass is 300 g/mol. The number of halogens is 1. The molecule has 2 aromatic carbocycles. The first-order valence-electron chi connectivity index (χ1n) is 6.35. The van der Waals surface area contributed by atoms with Gasteiger partial charge in [-0.2, -0.15) is 4.57 Å². The number of hydrogen-bond acceptors (Lipinski definition) is 2. The Morgan fingerprint density at radius 3 is 2.43 bits per heavy atom.